The minimum atomic E-state index is -0.272. The minimum Gasteiger partial charge on any atom is -0.327 e. The monoisotopic (exact) mass is 387 g/mol. The van der Waals surface area contributed by atoms with Gasteiger partial charge < -0.3 is 5.32 Å². The lowest BCUT2D eigenvalue weighted by Gasteiger charge is -2.19. The Bertz CT molecular complexity index is 1070. The van der Waals surface area contributed by atoms with Crippen molar-refractivity contribution >= 4 is 32.7 Å². The van der Waals surface area contributed by atoms with Crippen LogP contribution < -0.4 is 10.6 Å². The SMILES string of the molecule is Cc1ccc2sc(NC(=O)NC(c3ccccc3)c3ccccc3)nc2c1C. The molecule has 2 N–H and O–H groups in total. The van der Waals surface area contributed by atoms with Gasteiger partial charge in [0.05, 0.1) is 16.3 Å². The van der Waals surface area contributed by atoms with Gasteiger partial charge in [0, 0.05) is 0 Å². The number of fused-ring (bicyclic) bond motifs is 1. The molecule has 2 amide bonds. The van der Waals surface area contributed by atoms with Gasteiger partial charge in [-0.15, -0.1) is 0 Å². The molecule has 5 heteroatoms. The number of anilines is 1. The van der Waals surface area contributed by atoms with E-state index in [-0.39, 0.29) is 12.1 Å². The first-order valence-electron chi connectivity index (χ1n) is 9.16. The smallest absolute Gasteiger partial charge is 0.321 e. The van der Waals surface area contributed by atoms with E-state index < -0.39 is 0 Å². The summed E-state index contributed by atoms with van der Waals surface area (Å²) in [4.78, 5) is 17.4. The molecule has 0 atom stereocenters. The fourth-order valence-electron chi connectivity index (χ4n) is 3.19. The summed E-state index contributed by atoms with van der Waals surface area (Å²) in [5.74, 6) is 0. The maximum Gasteiger partial charge on any atom is 0.321 e. The fourth-order valence-corrected chi connectivity index (χ4v) is 4.11. The molecule has 0 unspecified atom stereocenters. The van der Waals surface area contributed by atoms with Gasteiger partial charge in [0.2, 0.25) is 0 Å². The zero-order chi connectivity index (χ0) is 19.5. The molecule has 1 heterocycles. The predicted octanol–water partition coefficient (Wildman–Crippen LogP) is 5.82. The van der Waals surface area contributed by atoms with E-state index >= 15 is 0 Å². The molecule has 0 aliphatic rings. The van der Waals surface area contributed by atoms with Crippen LogP contribution in [0, 0.1) is 13.8 Å². The van der Waals surface area contributed by atoms with E-state index in [2.05, 4.69) is 41.6 Å². The molecule has 1 aromatic heterocycles. The molecule has 0 bridgehead atoms. The van der Waals surface area contributed by atoms with Crippen LogP contribution in [0.3, 0.4) is 0 Å². The molecule has 28 heavy (non-hydrogen) atoms. The maximum absolute atomic E-state index is 12.7. The van der Waals surface area contributed by atoms with Crippen LogP contribution in [-0.4, -0.2) is 11.0 Å². The van der Waals surface area contributed by atoms with E-state index in [9.17, 15) is 4.79 Å². The molecule has 0 fully saturated rings. The quantitative estimate of drug-likeness (QED) is 0.463. The van der Waals surface area contributed by atoms with E-state index in [1.54, 1.807) is 0 Å². The predicted molar refractivity (Wildman–Crippen MR) is 116 cm³/mol. The molecular weight excluding hydrogens is 366 g/mol. The number of thiazole rings is 1. The third kappa shape index (κ3) is 3.75. The van der Waals surface area contributed by atoms with Crippen molar-refractivity contribution in [2.45, 2.75) is 19.9 Å². The number of amides is 2. The highest BCUT2D eigenvalue weighted by atomic mass is 32.1. The zero-order valence-electron chi connectivity index (χ0n) is 15.8. The Morgan fingerprint density at radius 3 is 2.11 bits per heavy atom. The lowest BCUT2D eigenvalue weighted by Crippen LogP contribution is -2.33. The van der Waals surface area contributed by atoms with E-state index in [4.69, 9.17) is 0 Å². The highest BCUT2D eigenvalue weighted by molar-refractivity contribution is 7.22. The summed E-state index contributed by atoms with van der Waals surface area (Å²) in [5, 5.41) is 6.59. The summed E-state index contributed by atoms with van der Waals surface area (Å²) < 4.78 is 1.07. The number of aryl methyl sites for hydroxylation is 2. The molecule has 0 saturated carbocycles. The first kappa shape index (κ1) is 18.2. The van der Waals surface area contributed by atoms with Crippen LogP contribution in [-0.2, 0) is 0 Å². The average molecular weight is 388 g/mol. The van der Waals surface area contributed by atoms with E-state index in [1.807, 2.05) is 60.7 Å². The summed E-state index contributed by atoms with van der Waals surface area (Å²) in [6.45, 7) is 4.13. The first-order valence-corrected chi connectivity index (χ1v) is 9.97. The van der Waals surface area contributed by atoms with E-state index in [1.165, 1.54) is 16.9 Å². The van der Waals surface area contributed by atoms with Gasteiger partial charge in [-0.2, -0.15) is 0 Å². The molecule has 140 valence electrons. The van der Waals surface area contributed by atoms with Crippen molar-refractivity contribution in [3.63, 3.8) is 0 Å². The van der Waals surface area contributed by atoms with Gasteiger partial charge in [-0.05, 0) is 42.2 Å². The van der Waals surface area contributed by atoms with Crippen molar-refractivity contribution in [3.8, 4) is 0 Å². The third-order valence-corrected chi connectivity index (χ3v) is 5.78. The van der Waals surface area contributed by atoms with Crippen molar-refractivity contribution in [2.75, 3.05) is 5.32 Å². The van der Waals surface area contributed by atoms with Gasteiger partial charge in [0.1, 0.15) is 0 Å². The number of carbonyl (C=O) groups is 1. The standard InChI is InChI=1S/C23H21N3OS/c1-15-13-14-19-20(16(15)2)25-23(28-19)26-22(27)24-21(17-9-5-3-6-10-17)18-11-7-4-8-12-18/h3-14,21H,1-2H3,(H2,24,25,26,27). The lowest BCUT2D eigenvalue weighted by molar-refractivity contribution is 0.250. The number of hydrogen-bond donors (Lipinski definition) is 2. The topological polar surface area (TPSA) is 54.0 Å². The zero-order valence-corrected chi connectivity index (χ0v) is 16.6. The first-order chi connectivity index (χ1) is 13.6. The van der Waals surface area contributed by atoms with Crippen LogP contribution >= 0.6 is 11.3 Å². The number of hydrogen-bond acceptors (Lipinski definition) is 3. The summed E-state index contributed by atoms with van der Waals surface area (Å²) in [7, 11) is 0. The maximum atomic E-state index is 12.7. The van der Waals surface area contributed by atoms with E-state index in [0.717, 1.165) is 26.9 Å². The van der Waals surface area contributed by atoms with Gasteiger partial charge in [0.15, 0.2) is 5.13 Å². The van der Waals surface area contributed by atoms with Crippen molar-refractivity contribution < 1.29 is 4.79 Å². The van der Waals surface area contributed by atoms with Gasteiger partial charge in [0.25, 0.3) is 0 Å². The van der Waals surface area contributed by atoms with Crippen LogP contribution in [0.2, 0.25) is 0 Å². The van der Waals surface area contributed by atoms with E-state index in [0.29, 0.717) is 5.13 Å². The number of nitrogens with one attached hydrogen (secondary N) is 2. The van der Waals surface area contributed by atoms with Crippen LogP contribution in [0.1, 0.15) is 28.3 Å². The second-order valence-electron chi connectivity index (χ2n) is 6.73. The Morgan fingerprint density at radius 2 is 1.50 bits per heavy atom. The summed E-state index contributed by atoms with van der Waals surface area (Å²) in [6.07, 6.45) is 0. The minimum absolute atomic E-state index is 0.235. The molecule has 0 aliphatic carbocycles. The van der Waals surface area contributed by atoms with Gasteiger partial charge in [-0.3, -0.25) is 5.32 Å². The summed E-state index contributed by atoms with van der Waals surface area (Å²) in [6, 6.07) is 23.5. The van der Waals surface area contributed by atoms with Crippen LogP contribution in [0.4, 0.5) is 9.93 Å². The molecular formula is C23H21N3OS. The molecule has 0 spiro atoms. The molecule has 4 nitrogen and oxygen atoms in total. The van der Waals surface area contributed by atoms with Gasteiger partial charge in [-0.1, -0.05) is 78.1 Å². The molecule has 4 rings (SSSR count). The van der Waals surface area contributed by atoms with Crippen molar-refractivity contribution in [2.24, 2.45) is 0 Å². The highest BCUT2D eigenvalue weighted by Crippen LogP contribution is 2.30. The Hall–Kier alpha value is -3.18. The Balaban J connectivity index is 1.58. The fraction of sp³-hybridized carbons (Fsp3) is 0.130. The molecule has 3 aromatic carbocycles. The summed E-state index contributed by atoms with van der Waals surface area (Å²) in [5.41, 5.74) is 5.35. The molecule has 0 aliphatic heterocycles. The number of nitrogens with zero attached hydrogens (tertiary/aromatic N) is 1. The van der Waals surface area contributed by atoms with Crippen LogP contribution in [0.15, 0.2) is 72.8 Å². The normalized spacial score (nSPS) is 11.0. The largest absolute Gasteiger partial charge is 0.327 e. The summed E-state index contributed by atoms with van der Waals surface area (Å²) >= 11 is 1.48. The number of carbonyl (C=O) groups excluding carboxylic acids is 1. The third-order valence-electron chi connectivity index (χ3n) is 4.85. The molecule has 4 aromatic rings. The highest BCUT2D eigenvalue weighted by Gasteiger charge is 2.18. The number of urea groups is 1. The Kier molecular flexibility index (Phi) is 5.08. The van der Waals surface area contributed by atoms with Crippen molar-refractivity contribution in [1.29, 1.82) is 0 Å². The number of rotatable bonds is 4. The second kappa shape index (κ2) is 7.82. The number of aromatic nitrogens is 1. The Morgan fingerprint density at radius 1 is 0.893 bits per heavy atom. The average Bonchev–Trinajstić information content (AvgIpc) is 3.13. The molecule has 0 radical (unpaired) electrons. The van der Waals surface area contributed by atoms with Gasteiger partial charge >= 0.3 is 6.03 Å². The molecule has 0 saturated heterocycles. The van der Waals surface area contributed by atoms with Crippen LogP contribution in [0.25, 0.3) is 10.2 Å². The number of benzene rings is 3. The second-order valence-corrected chi connectivity index (χ2v) is 7.76. The van der Waals surface area contributed by atoms with Crippen LogP contribution in [0.5, 0.6) is 0 Å². The lowest BCUT2D eigenvalue weighted by atomic mass is 9.99. The van der Waals surface area contributed by atoms with Gasteiger partial charge in [-0.25, -0.2) is 9.78 Å². The van der Waals surface area contributed by atoms with Crippen molar-refractivity contribution in [1.82, 2.24) is 10.3 Å². The Labute approximate surface area is 168 Å². The van der Waals surface area contributed by atoms with Crippen molar-refractivity contribution in [3.05, 3.63) is 95.1 Å².